The normalized spacial score (nSPS) is 27.0. The fraction of sp³-hybridized carbons (Fsp3) is 0.421. The first-order valence-corrected chi connectivity index (χ1v) is 9.15. The van der Waals surface area contributed by atoms with Gasteiger partial charge in [0.05, 0.1) is 36.5 Å². The number of carbonyl (C=O) groups excluding carboxylic acids is 2. The van der Waals surface area contributed by atoms with E-state index in [9.17, 15) is 14.0 Å². The number of amides is 2. The van der Waals surface area contributed by atoms with Gasteiger partial charge in [-0.2, -0.15) is 5.10 Å². The summed E-state index contributed by atoms with van der Waals surface area (Å²) in [6.45, 7) is 1.79. The van der Waals surface area contributed by atoms with E-state index in [0.29, 0.717) is 42.9 Å². The third-order valence-electron chi connectivity index (χ3n) is 5.86. The van der Waals surface area contributed by atoms with Gasteiger partial charge in [-0.15, -0.1) is 0 Å². The van der Waals surface area contributed by atoms with Crippen LogP contribution in [-0.4, -0.2) is 63.3 Å². The van der Waals surface area contributed by atoms with E-state index in [1.807, 2.05) is 0 Å². The van der Waals surface area contributed by atoms with Crippen LogP contribution in [0.5, 0.6) is 0 Å². The zero-order valence-corrected chi connectivity index (χ0v) is 14.7. The standard InChI is InChI=1S/C19H19FN4O3/c20-13-4-1-3-12(9-13)17-14(11-21-22-17)18(26)23-7-5-19-15(23)10-16(25)24(19)6-2-8-27-19/h1,3-4,9,11,15H,2,5-8,10H2,(H,21,22)/t15-,19+/m1/s1. The van der Waals surface area contributed by atoms with Crippen molar-refractivity contribution < 1.29 is 18.7 Å². The molecule has 3 saturated heterocycles. The Balaban J connectivity index is 1.48. The summed E-state index contributed by atoms with van der Waals surface area (Å²) >= 11 is 0. The number of hydrogen-bond donors (Lipinski definition) is 1. The van der Waals surface area contributed by atoms with Gasteiger partial charge in [0.15, 0.2) is 5.72 Å². The van der Waals surface area contributed by atoms with E-state index in [0.717, 1.165) is 6.42 Å². The second-order valence-electron chi connectivity index (χ2n) is 7.23. The number of nitrogens with one attached hydrogen (secondary N) is 1. The van der Waals surface area contributed by atoms with Gasteiger partial charge >= 0.3 is 0 Å². The Bertz CT molecular complexity index is 929. The number of halogens is 1. The molecule has 3 aliphatic heterocycles. The predicted molar refractivity (Wildman–Crippen MR) is 93.1 cm³/mol. The van der Waals surface area contributed by atoms with Crippen LogP contribution in [0.4, 0.5) is 4.39 Å². The van der Waals surface area contributed by atoms with Gasteiger partial charge in [-0.05, 0) is 18.6 Å². The van der Waals surface area contributed by atoms with Crippen LogP contribution in [0.1, 0.15) is 29.6 Å². The summed E-state index contributed by atoms with van der Waals surface area (Å²) in [4.78, 5) is 29.3. The predicted octanol–water partition coefficient (Wildman–Crippen LogP) is 1.78. The van der Waals surface area contributed by atoms with Crippen LogP contribution in [0.3, 0.4) is 0 Å². The van der Waals surface area contributed by atoms with Gasteiger partial charge in [0.1, 0.15) is 5.82 Å². The van der Waals surface area contributed by atoms with Gasteiger partial charge in [0, 0.05) is 25.1 Å². The molecule has 0 unspecified atom stereocenters. The molecule has 1 aromatic carbocycles. The molecule has 0 aliphatic carbocycles. The molecule has 4 heterocycles. The van der Waals surface area contributed by atoms with Crippen LogP contribution in [0, 0.1) is 5.82 Å². The molecule has 0 bridgehead atoms. The largest absolute Gasteiger partial charge is 0.353 e. The molecule has 140 valence electrons. The van der Waals surface area contributed by atoms with Crippen molar-refractivity contribution in [1.29, 1.82) is 0 Å². The number of ether oxygens (including phenoxy) is 1. The number of rotatable bonds is 2. The molecule has 2 aromatic rings. The highest BCUT2D eigenvalue weighted by Gasteiger charge is 2.61. The number of nitrogens with zero attached hydrogens (tertiary/aromatic N) is 3. The van der Waals surface area contributed by atoms with E-state index in [1.54, 1.807) is 21.9 Å². The molecule has 1 N–H and O–H groups in total. The van der Waals surface area contributed by atoms with E-state index in [-0.39, 0.29) is 30.1 Å². The number of carbonyl (C=O) groups is 2. The highest BCUT2D eigenvalue weighted by molar-refractivity contribution is 6.00. The van der Waals surface area contributed by atoms with E-state index in [1.165, 1.54) is 18.3 Å². The number of likely N-dealkylation sites (tertiary alicyclic amines) is 1. The summed E-state index contributed by atoms with van der Waals surface area (Å²) in [5.41, 5.74) is 0.724. The summed E-state index contributed by atoms with van der Waals surface area (Å²) < 4.78 is 19.7. The number of H-pyrrole nitrogens is 1. The molecule has 3 aliphatic rings. The van der Waals surface area contributed by atoms with Crippen LogP contribution >= 0.6 is 0 Å². The average molecular weight is 370 g/mol. The third-order valence-corrected chi connectivity index (χ3v) is 5.86. The summed E-state index contributed by atoms with van der Waals surface area (Å²) in [6.07, 6.45) is 3.17. The molecule has 0 saturated carbocycles. The minimum atomic E-state index is -0.687. The summed E-state index contributed by atoms with van der Waals surface area (Å²) in [5, 5.41) is 6.80. The van der Waals surface area contributed by atoms with E-state index in [2.05, 4.69) is 10.2 Å². The fourth-order valence-corrected chi connectivity index (χ4v) is 4.66. The van der Waals surface area contributed by atoms with Gasteiger partial charge in [-0.3, -0.25) is 14.7 Å². The maximum absolute atomic E-state index is 13.6. The Morgan fingerprint density at radius 3 is 3.11 bits per heavy atom. The molecule has 2 amide bonds. The maximum atomic E-state index is 13.6. The molecule has 5 rings (SSSR count). The minimum absolute atomic E-state index is 0.0368. The summed E-state index contributed by atoms with van der Waals surface area (Å²) in [6, 6.07) is 5.73. The Kier molecular flexibility index (Phi) is 3.58. The van der Waals surface area contributed by atoms with Gasteiger partial charge in [0.2, 0.25) is 5.91 Å². The van der Waals surface area contributed by atoms with Crippen molar-refractivity contribution >= 4 is 11.8 Å². The molecule has 2 atom stereocenters. The smallest absolute Gasteiger partial charge is 0.258 e. The average Bonchev–Trinajstić information content (AvgIpc) is 3.34. The monoisotopic (exact) mass is 370 g/mol. The highest BCUT2D eigenvalue weighted by atomic mass is 19.1. The number of aromatic amines is 1. The SMILES string of the molecule is O=C(c1cn[nH]c1-c1cccc(F)c1)N1CC[C@@]23OCCCN2C(=O)C[C@@H]13. The maximum Gasteiger partial charge on any atom is 0.258 e. The van der Waals surface area contributed by atoms with Crippen molar-refractivity contribution in [3.8, 4) is 11.3 Å². The van der Waals surface area contributed by atoms with Gasteiger partial charge < -0.3 is 14.5 Å². The van der Waals surface area contributed by atoms with Crippen LogP contribution in [0.15, 0.2) is 30.5 Å². The molecule has 8 heteroatoms. The van der Waals surface area contributed by atoms with Gasteiger partial charge in [0.25, 0.3) is 5.91 Å². The number of benzene rings is 1. The van der Waals surface area contributed by atoms with Crippen molar-refractivity contribution in [2.45, 2.75) is 31.0 Å². The van der Waals surface area contributed by atoms with E-state index < -0.39 is 5.72 Å². The number of hydrogen-bond acceptors (Lipinski definition) is 4. The molecule has 1 spiro atoms. The number of aromatic nitrogens is 2. The Hall–Kier alpha value is -2.74. The van der Waals surface area contributed by atoms with Crippen molar-refractivity contribution in [3.05, 3.63) is 41.8 Å². The molecule has 1 aromatic heterocycles. The van der Waals surface area contributed by atoms with Crippen LogP contribution in [0.2, 0.25) is 0 Å². The second-order valence-corrected chi connectivity index (χ2v) is 7.23. The zero-order valence-electron chi connectivity index (χ0n) is 14.7. The second kappa shape index (κ2) is 5.88. The van der Waals surface area contributed by atoms with Crippen molar-refractivity contribution in [3.63, 3.8) is 0 Å². The highest BCUT2D eigenvalue weighted by Crippen LogP contribution is 2.45. The van der Waals surface area contributed by atoms with Crippen molar-refractivity contribution in [2.75, 3.05) is 19.7 Å². The lowest BCUT2D eigenvalue weighted by Gasteiger charge is -2.42. The van der Waals surface area contributed by atoms with Gasteiger partial charge in [-0.25, -0.2) is 4.39 Å². The first-order chi connectivity index (χ1) is 13.1. The molecule has 27 heavy (non-hydrogen) atoms. The Morgan fingerprint density at radius 1 is 1.37 bits per heavy atom. The van der Waals surface area contributed by atoms with E-state index >= 15 is 0 Å². The lowest BCUT2D eigenvalue weighted by Crippen LogP contribution is -2.56. The van der Waals surface area contributed by atoms with E-state index in [4.69, 9.17) is 4.74 Å². The first-order valence-electron chi connectivity index (χ1n) is 9.15. The van der Waals surface area contributed by atoms with Crippen molar-refractivity contribution in [1.82, 2.24) is 20.0 Å². The van der Waals surface area contributed by atoms with Crippen LogP contribution < -0.4 is 0 Å². The Labute approximate surface area is 155 Å². The quantitative estimate of drug-likeness (QED) is 0.874. The topological polar surface area (TPSA) is 78.5 Å². The lowest BCUT2D eigenvalue weighted by atomic mass is 10.0. The summed E-state index contributed by atoms with van der Waals surface area (Å²) in [5.74, 6) is -0.559. The molecular formula is C19H19FN4O3. The molecule has 3 fully saturated rings. The van der Waals surface area contributed by atoms with Crippen LogP contribution in [-0.2, 0) is 9.53 Å². The fourth-order valence-electron chi connectivity index (χ4n) is 4.66. The summed E-state index contributed by atoms with van der Waals surface area (Å²) in [7, 11) is 0. The lowest BCUT2D eigenvalue weighted by molar-refractivity contribution is -0.179. The molecular weight excluding hydrogens is 351 g/mol. The molecule has 7 nitrogen and oxygen atoms in total. The third kappa shape index (κ3) is 2.32. The van der Waals surface area contributed by atoms with Crippen molar-refractivity contribution in [2.24, 2.45) is 0 Å². The first kappa shape index (κ1) is 16.4. The van der Waals surface area contributed by atoms with Gasteiger partial charge in [-0.1, -0.05) is 12.1 Å². The Morgan fingerprint density at radius 2 is 2.26 bits per heavy atom. The molecule has 0 radical (unpaired) electrons. The zero-order chi connectivity index (χ0) is 18.6. The minimum Gasteiger partial charge on any atom is -0.353 e. The van der Waals surface area contributed by atoms with Crippen LogP contribution in [0.25, 0.3) is 11.3 Å².